The average molecular weight is 393 g/mol. The average Bonchev–Trinajstić information content (AvgIpc) is 2.83. The van der Waals surface area contributed by atoms with Crippen molar-refractivity contribution in [2.24, 2.45) is 0 Å². The van der Waals surface area contributed by atoms with E-state index in [9.17, 15) is 18.0 Å². The van der Waals surface area contributed by atoms with Gasteiger partial charge in [-0.3, -0.25) is 9.59 Å². The molecular weight excluding hydrogens is 376 g/mol. The first-order chi connectivity index (χ1) is 12.2. The summed E-state index contributed by atoms with van der Waals surface area (Å²) in [6.07, 6.45) is -0.0606. The second kappa shape index (κ2) is 6.74. The standard InChI is InChI=1S/C18H17ClN2O4S/c1-11-3-4-13(9-12(11)2)20-18(23)15-6-5-14(10-16(15)19)21-17(22)7-8-26(21,24)25/h3-6,9-10H,7-8H2,1-2H3,(H,20,23). The normalized spacial score (nSPS) is 16.0. The molecule has 2 aromatic carbocycles. The highest BCUT2D eigenvalue weighted by Crippen LogP contribution is 2.30. The lowest BCUT2D eigenvalue weighted by molar-refractivity contribution is -0.116. The molecule has 2 amide bonds. The fourth-order valence-corrected chi connectivity index (χ4v) is 4.41. The summed E-state index contributed by atoms with van der Waals surface area (Å²) < 4.78 is 24.7. The van der Waals surface area contributed by atoms with Gasteiger partial charge in [-0.1, -0.05) is 17.7 Å². The lowest BCUT2D eigenvalue weighted by atomic mass is 10.1. The number of hydrogen-bond donors (Lipinski definition) is 1. The quantitative estimate of drug-likeness (QED) is 0.868. The predicted molar refractivity (Wildman–Crippen MR) is 101 cm³/mol. The van der Waals surface area contributed by atoms with Crippen LogP contribution in [0, 0.1) is 13.8 Å². The first kappa shape index (κ1) is 18.4. The molecule has 1 aliphatic rings. The third kappa shape index (κ3) is 3.45. The van der Waals surface area contributed by atoms with E-state index in [0.717, 1.165) is 15.4 Å². The smallest absolute Gasteiger partial charge is 0.257 e. The number of anilines is 2. The van der Waals surface area contributed by atoms with Crippen molar-refractivity contribution in [3.05, 3.63) is 58.1 Å². The van der Waals surface area contributed by atoms with Gasteiger partial charge in [0.25, 0.3) is 5.91 Å². The maximum atomic E-state index is 12.5. The Kier molecular flexibility index (Phi) is 4.77. The molecular formula is C18H17ClN2O4S. The van der Waals surface area contributed by atoms with E-state index in [1.165, 1.54) is 18.2 Å². The van der Waals surface area contributed by atoms with Crippen LogP contribution in [0.5, 0.6) is 0 Å². The van der Waals surface area contributed by atoms with Crippen LogP contribution in [-0.4, -0.2) is 26.0 Å². The largest absolute Gasteiger partial charge is 0.322 e. The maximum Gasteiger partial charge on any atom is 0.257 e. The number of aryl methyl sites for hydroxylation is 2. The number of nitrogens with one attached hydrogen (secondary N) is 1. The molecule has 0 atom stereocenters. The van der Waals surface area contributed by atoms with Gasteiger partial charge in [0.05, 0.1) is 22.0 Å². The molecule has 8 heteroatoms. The fourth-order valence-electron chi connectivity index (χ4n) is 2.70. The molecule has 3 rings (SSSR count). The van der Waals surface area contributed by atoms with Gasteiger partial charge in [0.2, 0.25) is 15.9 Å². The Morgan fingerprint density at radius 2 is 1.85 bits per heavy atom. The molecule has 1 N–H and O–H groups in total. The van der Waals surface area contributed by atoms with Gasteiger partial charge in [0, 0.05) is 12.1 Å². The molecule has 0 spiro atoms. The summed E-state index contributed by atoms with van der Waals surface area (Å²) in [5.74, 6) is -1.15. The second-order valence-electron chi connectivity index (χ2n) is 6.14. The Hall–Kier alpha value is -2.38. The summed E-state index contributed by atoms with van der Waals surface area (Å²) in [6, 6.07) is 9.68. The zero-order valence-corrected chi connectivity index (χ0v) is 15.8. The van der Waals surface area contributed by atoms with Crippen molar-refractivity contribution in [1.29, 1.82) is 0 Å². The van der Waals surface area contributed by atoms with E-state index in [0.29, 0.717) is 5.69 Å². The summed E-state index contributed by atoms with van der Waals surface area (Å²) in [4.78, 5) is 24.3. The van der Waals surface area contributed by atoms with Crippen molar-refractivity contribution in [3.8, 4) is 0 Å². The van der Waals surface area contributed by atoms with Gasteiger partial charge < -0.3 is 5.32 Å². The van der Waals surface area contributed by atoms with E-state index < -0.39 is 21.8 Å². The lowest BCUT2D eigenvalue weighted by Crippen LogP contribution is -2.29. The van der Waals surface area contributed by atoms with Gasteiger partial charge in [-0.05, 0) is 55.3 Å². The molecule has 0 unspecified atom stereocenters. The van der Waals surface area contributed by atoms with Gasteiger partial charge in [0.1, 0.15) is 0 Å². The van der Waals surface area contributed by atoms with Crippen molar-refractivity contribution in [1.82, 2.24) is 0 Å². The molecule has 26 heavy (non-hydrogen) atoms. The van der Waals surface area contributed by atoms with Crippen LogP contribution in [-0.2, 0) is 14.8 Å². The van der Waals surface area contributed by atoms with Gasteiger partial charge >= 0.3 is 0 Å². The highest BCUT2D eigenvalue weighted by Gasteiger charge is 2.36. The van der Waals surface area contributed by atoms with Crippen LogP contribution in [0.25, 0.3) is 0 Å². The van der Waals surface area contributed by atoms with E-state index >= 15 is 0 Å². The van der Waals surface area contributed by atoms with Crippen LogP contribution in [0.3, 0.4) is 0 Å². The Balaban J connectivity index is 1.86. The fraction of sp³-hybridized carbons (Fsp3) is 0.222. The summed E-state index contributed by atoms with van der Waals surface area (Å²) >= 11 is 6.17. The van der Waals surface area contributed by atoms with Crippen molar-refractivity contribution in [2.75, 3.05) is 15.4 Å². The molecule has 136 valence electrons. The van der Waals surface area contributed by atoms with Crippen LogP contribution in [0.2, 0.25) is 5.02 Å². The van der Waals surface area contributed by atoms with Gasteiger partial charge in [-0.25, -0.2) is 12.7 Å². The van der Waals surface area contributed by atoms with Crippen LogP contribution >= 0.6 is 11.6 Å². The highest BCUT2D eigenvalue weighted by atomic mass is 35.5. The molecule has 1 saturated heterocycles. The number of hydrogen-bond acceptors (Lipinski definition) is 4. The van der Waals surface area contributed by atoms with Gasteiger partial charge in [-0.15, -0.1) is 0 Å². The van der Waals surface area contributed by atoms with Crippen molar-refractivity contribution >= 4 is 44.8 Å². The number of carbonyl (C=O) groups is 2. The SMILES string of the molecule is Cc1ccc(NC(=O)c2ccc(N3C(=O)CCS3(=O)=O)cc2Cl)cc1C. The number of amides is 2. The third-order valence-corrected chi connectivity index (χ3v) is 6.28. The molecule has 0 aromatic heterocycles. The zero-order valence-electron chi connectivity index (χ0n) is 14.2. The Morgan fingerprint density at radius 3 is 2.42 bits per heavy atom. The van der Waals surface area contributed by atoms with Crippen molar-refractivity contribution in [3.63, 3.8) is 0 Å². The molecule has 0 saturated carbocycles. The van der Waals surface area contributed by atoms with E-state index in [-0.39, 0.29) is 28.4 Å². The number of rotatable bonds is 3. The summed E-state index contributed by atoms with van der Waals surface area (Å²) in [7, 11) is -3.67. The van der Waals surface area contributed by atoms with Gasteiger partial charge in [-0.2, -0.15) is 0 Å². The molecule has 1 fully saturated rings. The number of halogens is 1. The minimum Gasteiger partial charge on any atom is -0.322 e. The van der Waals surface area contributed by atoms with Crippen LogP contribution < -0.4 is 9.62 Å². The molecule has 0 bridgehead atoms. The van der Waals surface area contributed by atoms with Crippen LogP contribution in [0.15, 0.2) is 36.4 Å². The Labute approximate surface area is 156 Å². The topological polar surface area (TPSA) is 83.6 Å². The summed E-state index contributed by atoms with van der Waals surface area (Å²) in [5.41, 5.74) is 3.12. The number of sulfonamides is 1. The van der Waals surface area contributed by atoms with E-state index in [2.05, 4.69) is 5.32 Å². The molecule has 0 radical (unpaired) electrons. The molecule has 1 heterocycles. The zero-order chi connectivity index (χ0) is 19.1. The molecule has 6 nitrogen and oxygen atoms in total. The van der Waals surface area contributed by atoms with Crippen LogP contribution in [0.4, 0.5) is 11.4 Å². The predicted octanol–water partition coefficient (Wildman–Crippen LogP) is 3.28. The lowest BCUT2D eigenvalue weighted by Gasteiger charge is -2.16. The van der Waals surface area contributed by atoms with Gasteiger partial charge in [0.15, 0.2) is 0 Å². The number of carbonyl (C=O) groups excluding carboxylic acids is 2. The minimum absolute atomic E-state index is 0.0606. The Morgan fingerprint density at radius 1 is 1.12 bits per heavy atom. The second-order valence-corrected chi connectivity index (χ2v) is 8.49. The molecule has 2 aromatic rings. The molecule has 1 aliphatic heterocycles. The number of benzene rings is 2. The van der Waals surface area contributed by atoms with E-state index in [1.807, 2.05) is 26.0 Å². The monoisotopic (exact) mass is 392 g/mol. The first-order valence-electron chi connectivity index (χ1n) is 7.93. The first-order valence-corrected chi connectivity index (χ1v) is 9.92. The molecule has 0 aliphatic carbocycles. The van der Waals surface area contributed by atoms with Crippen molar-refractivity contribution in [2.45, 2.75) is 20.3 Å². The maximum absolute atomic E-state index is 12.5. The highest BCUT2D eigenvalue weighted by molar-refractivity contribution is 7.94. The summed E-state index contributed by atoms with van der Waals surface area (Å²) in [6.45, 7) is 3.92. The minimum atomic E-state index is -3.67. The van der Waals surface area contributed by atoms with Crippen molar-refractivity contribution < 1.29 is 18.0 Å². The Bertz CT molecular complexity index is 1020. The van der Waals surface area contributed by atoms with Crippen LogP contribution in [0.1, 0.15) is 27.9 Å². The number of nitrogens with zero attached hydrogens (tertiary/aromatic N) is 1. The summed E-state index contributed by atoms with van der Waals surface area (Å²) in [5, 5.41) is 2.83. The van der Waals surface area contributed by atoms with E-state index in [1.54, 1.807) is 6.07 Å². The third-order valence-electron chi connectivity index (χ3n) is 4.28. The van der Waals surface area contributed by atoms with E-state index in [4.69, 9.17) is 11.6 Å².